The Morgan fingerprint density at radius 3 is 2.62 bits per heavy atom. The van der Waals surface area contributed by atoms with E-state index in [4.69, 9.17) is 30.5 Å². The number of halogens is 1. The molecule has 0 aliphatic carbocycles. The zero-order valence-electron chi connectivity index (χ0n) is 21.9. The highest BCUT2D eigenvalue weighted by Crippen LogP contribution is 2.34. The summed E-state index contributed by atoms with van der Waals surface area (Å²) in [6, 6.07) is 11.2. The summed E-state index contributed by atoms with van der Waals surface area (Å²) in [5, 5.41) is 0.399. The molecular weight excluding hydrogens is 544 g/mol. The second kappa shape index (κ2) is 12.4. The maximum atomic E-state index is 13.8. The molecule has 0 unspecified atom stereocenters. The molecule has 2 heterocycles. The average molecular weight is 571 g/mol. The second-order valence-corrected chi connectivity index (χ2v) is 9.88. The van der Waals surface area contributed by atoms with Crippen molar-refractivity contribution in [1.82, 2.24) is 4.57 Å². The maximum Gasteiger partial charge on any atom is 0.338 e. The molecule has 39 heavy (non-hydrogen) atoms. The first-order chi connectivity index (χ1) is 18.7. The number of thiazole rings is 1. The molecule has 1 aliphatic rings. The molecule has 1 aliphatic heterocycles. The standard InChI is InChI=1S/C28H27ClN2O7S/c1-5-36-22-14-18(10-11-21(22)38-17(3)32)15-23-26(33)31-25(19-8-6-7-9-20(19)29)24(16(2)30-28(31)39-23)27(34)37-13-12-35-4/h6-11,14-15,25H,5,12-13H2,1-4H3/b23-15-/t25-/m0/s1. The number of ether oxygens (including phenoxy) is 4. The van der Waals surface area contributed by atoms with Crippen LogP contribution in [0.2, 0.25) is 5.02 Å². The third-order valence-corrected chi connectivity index (χ3v) is 7.11. The van der Waals surface area contributed by atoms with Gasteiger partial charge in [0, 0.05) is 19.1 Å². The highest BCUT2D eigenvalue weighted by atomic mass is 35.5. The number of esters is 2. The molecule has 0 spiro atoms. The molecule has 11 heteroatoms. The summed E-state index contributed by atoms with van der Waals surface area (Å²) in [5.74, 6) is -0.410. The van der Waals surface area contributed by atoms with E-state index in [-0.39, 0.29) is 30.1 Å². The average Bonchev–Trinajstić information content (AvgIpc) is 3.19. The van der Waals surface area contributed by atoms with Crippen LogP contribution in [0.4, 0.5) is 0 Å². The minimum Gasteiger partial charge on any atom is -0.490 e. The Morgan fingerprint density at radius 2 is 1.92 bits per heavy atom. The van der Waals surface area contributed by atoms with Crippen molar-refractivity contribution >= 4 is 41.0 Å². The van der Waals surface area contributed by atoms with Crippen LogP contribution in [-0.4, -0.2) is 43.4 Å². The molecule has 4 rings (SSSR count). The lowest BCUT2D eigenvalue weighted by atomic mass is 9.96. The normalized spacial score (nSPS) is 15.0. The number of aromatic nitrogens is 1. The van der Waals surface area contributed by atoms with Crippen molar-refractivity contribution in [3.05, 3.63) is 89.6 Å². The molecular formula is C28H27ClN2O7S. The third kappa shape index (κ3) is 6.13. The summed E-state index contributed by atoms with van der Waals surface area (Å²) >= 11 is 7.75. The SMILES string of the molecule is CCOc1cc(/C=c2\sc3n(c2=O)[C@@H](c2ccccc2Cl)C(C(=O)OCCOC)=C(C)N=3)ccc1OC(C)=O. The summed E-state index contributed by atoms with van der Waals surface area (Å²) in [6.07, 6.45) is 1.70. The lowest BCUT2D eigenvalue weighted by Gasteiger charge is -2.25. The molecule has 204 valence electrons. The predicted molar refractivity (Wildman–Crippen MR) is 147 cm³/mol. The fourth-order valence-electron chi connectivity index (χ4n) is 4.14. The van der Waals surface area contributed by atoms with Crippen LogP contribution in [0.15, 0.2) is 63.5 Å². The number of carbonyl (C=O) groups is 2. The minimum absolute atomic E-state index is 0.0529. The summed E-state index contributed by atoms with van der Waals surface area (Å²) < 4.78 is 23.1. The lowest BCUT2D eigenvalue weighted by molar-refractivity contribution is -0.140. The Morgan fingerprint density at radius 1 is 1.15 bits per heavy atom. The molecule has 0 saturated carbocycles. The molecule has 1 aromatic heterocycles. The Bertz CT molecular complexity index is 1620. The highest BCUT2D eigenvalue weighted by molar-refractivity contribution is 7.07. The number of fused-ring (bicyclic) bond motifs is 1. The van der Waals surface area contributed by atoms with Crippen molar-refractivity contribution in [3.63, 3.8) is 0 Å². The topological polar surface area (TPSA) is 105 Å². The fourth-order valence-corrected chi connectivity index (χ4v) is 5.43. The predicted octanol–water partition coefficient (Wildman–Crippen LogP) is 3.40. The van der Waals surface area contributed by atoms with Gasteiger partial charge in [0.2, 0.25) is 0 Å². The number of carbonyl (C=O) groups excluding carboxylic acids is 2. The number of nitrogens with zero attached hydrogens (tertiary/aromatic N) is 2. The van der Waals surface area contributed by atoms with Crippen molar-refractivity contribution in [3.8, 4) is 11.5 Å². The number of allylic oxidation sites excluding steroid dienone is 1. The highest BCUT2D eigenvalue weighted by Gasteiger charge is 2.34. The van der Waals surface area contributed by atoms with Crippen molar-refractivity contribution in [2.45, 2.75) is 26.8 Å². The maximum absolute atomic E-state index is 13.8. The van der Waals surface area contributed by atoms with Gasteiger partial charge in [0.15, 0.2) is 16.3 Å². The van der Waals surface area contributed by atoms with Gasteiger partial charge in [-0.1, -0.05) is 47.2 Å². The lowest BCUT2D eigenvalue weighted by Crippen LogP contribution is -2.40. The van der Waals surface area contributed by atoms with E-state index in [1.54, 1.807) is 55.5 Å². The zero-order valence-corrected chi connectivity index (χ0v) is 23.4. The molecule has 3 aromatic rings. The van der Waals surface area contributed by atoms with Crippen molar-refractivity contribution in [1.29, 1.82) is 0 Å². The third-order valence-electron chi connectivity index (χ3n) is 5.78. The van der Waals surface area contributed by atoms with Gasteiger partial charge in [0.25, 0.3) is 5.56 Å². The second-order valence-electron chi connectivity index (χ2n) is 8.46. The van der Waals surface area contributed by atoms with Gasteiger partial charge < -0.3 is 18.9 Å². The van der Waals surface area contributed by atoms with Gasteiger partial charge in [-0.05, 0) is 49.2 Å². The number of rotatable bonds is 9. The van der Waals surface area contributed by atoms with Crippen molar-refractivity contribution in [2.24, 2.45) is 4.99 Å². The minimum atomic E-state index is -0.836. The van der Waals surface area contributed by atoms with Crippen LogP contribution < -0.4 is 24.4 Å². The summed E-state index contributed by atoms with van der Waals surface area (Å²) in [6.45, 7) is 5.48. The quantitative estimate of drug-likeness (QED) is 0.220. The van der Waals surface area contributed by atoms with Gasteiger partial charge in [-0.25, -0.2) is 9.79 Å². The summed E-state index contributed by atoms with van der Waals surface area (Å²) in [7, 11) is 1.51. The Balaban J connectivity index is 1.86. The van der Waals surface area contributed by atoms with Crippen LogP contribution in [0.25, 0.3) is 6.08 Å². The first-order valence-electron chi connectivity index (χ1n) is 12.1. The molecule has 0 N–H and O–H groups in total. The van der Waals surface area contributed by atoms with Crippen molar-refractivity contribution in [2.75, 3.05) is 26.9 Å². The number of methoxy groups -OCH3 is 1. The Kier molecular flexibility index (Phi) is 9.01. The number of hydrogen-bond acceptors (Lipinski definition) is 9. The zero-order chi connectivity index (χ0) is 28.1. The first-order valence-corrected chi connectivity index (χ1v) is 13.3. The molecule has 9 nitrogen and oxygen atoms in total. The van der Waals surface area contributed by atoms with Gasteiger partial charge in [-0.2, -0.15) is 0 Å². The molecule has 0 bridgehead atoms. The van der Waals surface area contributed by atoms with Crippen LogP contribution in [0.3, 0.4) is 0 Å². The fraction of sp³-hybridized carbons (Fsp3) is 0.286. The molecule has 0 radical (unpaired) electrons. The van der Waals surface area contributed by atoms with Gasteiger partial charge in [-0.15, -0.1) is 0 Å². The van der Waals surface area contributed by atoms with Gasteiger partial charge in [-0.3, -0.25) is 14.2 Å². The van der Waals surface area contributed by atoms with Crippen LogP contribution in [0, 0.1) is 0 Å². The Hall–Kier alpha value is -3.73. The molecule has 0 amide bonds. The van der Waals surface area contributed by atoms with E-state index in [1.807, 2.05) is 6.92 Å². The largest absolute Gasteiger partial charge is 0.490 e. The van der Waals surface area contributed by atoms with Crippen LogP contribution in [-0.2, 0) is 19.1 Å². The van der Waals surface area contributed by atoms with E-state index in [9.17, 15) is 14.4 Å². The monoisotopic (exact) mass is 570 g/mol. The first kappa shape index (κ1) is 28.3. The van der Waals surface area contributed by atoms with E-state index >= 15 is 0 Å². The molecule has 2 aromatic carbocycles. The van der Waals surface area contributed by atoms with Gasteiger partial charge in [0.05, 0.1) is 29.0 Å². The number of benzene rings is 2. The van der Waals surface area contributed by atoms with Gasteiger partial charge >= 0.3 is 11.9 Å². The summed E-state index contributed by atoms with van der Waals surface area (Å²) in [4.78, 5) is 43.5. The molecule has 1 atom stereocenters. The molecule has 0 fully saturated rings. The van der Waals surface area contributed by atoms with Gasteiger partial charge in [0.1, 0.15) is 12.6 Å². The van der Waals surface area contributed by atoms with E-state index in [0.717, 1.165) is 0 Å². The van der Waals surface area contributed by atoms with E-state index in [2.05, 4.69) is 4.99 Å². The van der Waals surface area contributed by atoms with Crippen LogP contribution in [0.1, 0.15) is 37.9 Å². The van der Waals surface area contributed by atoms with Crippen LogP contribution >= 0.6 is 22.9 Å². The van der Waals surface area contributed by atoms with E-state index < -0.39 is 18.0 Å². The smallest absolute Gasteiger partial charge is 0.338 e. The Labute approximate surface area is 233 Å². The van der Waals surface area contributed by atoms with Crippen molar-refractivity contribution < 1.29 is 28.5 Å². The molecule has 0 saturated heterocycles. The van der Waals surface area contributed by atoms with E-state index in [1.165, 1.54) is 29.9 Å². The number of hydrogen-bond donors (Lipinski definition) is 0. The summed E-state index contributed by atoms with van der Waals surface area (Å²) in [5.41, 5.74) is 1.54. The van der Waals surface area contributed by atoms with Crippen LogP contribution in [0.5, 0.6) is 11.5 Å². The van der Waals surface area contributed by atoms with E-state index in [0.29, 0.717) is 43.5 Å².